The van der Waals surface area contributed by atoms with E-state index in [9.17, 15) is 9.46 Å². The summed E-state index contributed by atoms with van der Waals surface area (Å²) in [5.41, 5.74) is 0.541. The van der Waals surface area contributed by atoms with E-state index in [0.717, 1.165) is 0 Å². The van der Waals surface area contributed by atoms with Crippen molar-refractivity contribution in [1.82, 2.24) is 14.8 Å². The van der Waals surface area contributed by atoms with Crippen LogP contribution in [0.25, 0.3) is 5.69 Å². The summed E-state index contributed by atoms with van der Waals surface area (Å²) >= 11 is 4.94. The van der Waals surface area contributed by atoms with Gasteiger partial charge in [-0.1, -0.05) is 0 Å². The second kappa shape index (κ2) is 11.2. The molecule has 1 N–H and O–H groups in total. The second-order valence-corrected chi connectivity index (χ2v) is 5.25. The summed E-state index contributed by atoms with van der Waals surface area (Å²) in [4.78, 5) is 20.2. The maximum absolute atomic E-state index is 11.1. The minimum Gasteiger partial charge on any atom is -0.775 e. The van der Waals surface area contributed by atoms with Crippen LogP contribution in [0.15, 0.2) is 29.7 Å². The van der Waals surface area contributed by atoms with Gasteiger partial charge in [0.2, 0.25) is 0 Å². The number of aromatic nitrogens is 3. The van der Waals surface area contributed by atoms with E-state index in [1.807, 2.05) is 0 Å². The van der Waals surface area contributed by atoms with Crippen LogP contribution < -0.4 is 66.3 Å². The number of rotatable bonds is 3. The molecule has 7 nitrogen and oxygen atoms in total. The van der Waals surface area contributed by atoms with Crippen LogP contribution >= 0.6 is 7.60 Å². The van der Waals surface area contributed by atoms with Crippen LogP contribution in [0.2, 0.25) is 0 Å². The average molecular weight is 560 g/mol. The molecule has 1 aromatic heterocycles. The van der Waals surface area contributed by atoms with Gasteiger partial charge in [-0.2, -0.15) is 5.10 Å². The quantitative estimate of drug-likeness (QED) is 0.232. The molecular formula is C9H8AuK2N3O4PS. The van der Waals surface area contributed by atoms with Crippen molar-refractivity contribution in [3.8, 4) is 11.4 Å². The van der Waals surface area contributed by atoms with E-state index in [1.54, 1.807) is 0 Å². The van der Waals surface area contributed by atoms with Crippen LogP contribution in [0.1, 0.15) is 0 Å². The zero-order chi connectivity index (χ0) is 13.3. The zero-order valence-electron chi connectivity index (χ0n) is 11.5. The van der Waals surface area contributed by atoms with E-state index < -0.39 is 7.60 Å². The first-order valence-electron chi connectivity index (χ1n) is 4.73. The third-order valence-electron chi connectivity index (χ3n) is 2.26. The maximum atomic E-state index is 11.1. The number of methoxy groups -OCH3 is 1. The van der Waals surface area contributed by atoms with Crippen LogP contribution in [0, 0.1) is 0 Å². The van der Waals surface area contributed by atoms with Gasteiger partial charge in [0, 0.05) is 62.6 Å². The topological polar surface area (TPSA) is 100 Å². The molecule has 1 aromatic carbocycles. The molecule has 0 aliphatic heterocycles. The molecule has 2 rings (SSSR count). The average Bonchev–Trinajstić information content (AvgIpc) is 2.73. The first-order chi connectivity index (χ1) is 8.43. The molecule has 107 valence electrons. The van der Waals surface area contributed by atoms with Crippen LogP contribution in [-0.2, 0) is 39.6 Å². The molecule has 0 fully saturated rings. The van der Waals surface area contributed by atoms with Crippen molar-refractivity contribution in [3.63, 3.8) is 0 Å². The molecule has 21 heavy (non-hydrogen) atoms. The van der Waals surface area contributed by atoms with Crippen molar-refractivity contribution >= 4 is 76.9 Å². The standard InChI is InChI=1S/C9H10N3O4PS.Au.2K/c1-16-7-4-6(12-5-10-11-9(12)18)2-3-8(7)17(13,14)15;;;/h2-5H,1H3,(H,11,18)(H2,13,14,15);;;/q;+1;;+1/p-2. The Morgan fingerprint density at radius 1 is 1.48 bits per heavy atom. The molecule has 0 aliphatic carbocycles. The Balaban J connectivity index is 0. The molecule has 0 amide bonds. The predicted octanol–water partition coefficient (Wildman–Crippen LogP) is -4.03. The zero-order valence-corrected chi connectivity index (χ0v) is 21.6. The fourth-order valence-electron chi connectivity index (χ4n) is 1.45. The fraction of sp³-hybridized carbons (Fsp3) is 0.111. The van der Waals surface area contributed by atoms with Crippen molar-refractivity contribution in [2.45, 2.75) is 5.16 Å². The molecule has 0 saturated carbocycles. The molecule has 1 heterocycles. The maximum Gasteiger partial charge on any atom is 1.00 e. The molecule has 1 unspecified atom stereocenters. The number of benzene rings is 1. The van der Waals surface area contributed by atoms with Crippen molar-refractivity contribution in [2.24, 2.45) is 0 Å². The van der Waals surface area contributed by atoms with E-state index in [2.05, 4.69) is 10.2 Å². The van der Waals surface area contributed by atoms with Gasteiger partial charge in [-0.25, -0.2) is 0 Å². The number of hydrogen-bond donors (Lipinski definition) is 1. The van der Waals surface area contributed by atoms with E-state index in [4.69, 9.17) is 22.3 Å². The summed E-state index contributed by atoms with van der Waals surface area (Å²) in [6.07, 6.45) is 1.40. The van der Waals surface area contributed by atoms with Crippen LogP contribution in [0.3, 0.4) is 0 Å². The largest absolute Gasteiger partial charge is 1.00 e. The molecular weight excluding hydrogens is 552 g/mol. The van der Waals surface area contributed by atoms with Gasteiger partial charge in [0.25, 0.3) is 0 Å². The number of nitrogens with zero attached hydrogens (tertiary/aromatic N) is 3. The van der Waals surface area contributed by atoms with Gasteiger partial charge in [0.1, 0.15) is 12.1 Å². The minimum absolute atomic E-state index is 0. The van der Waals surface area contributed by atoms with Crippen molar-refractivity contribution in [1.29, 1.82) is 0 Å². The van der Waals surface area contributed by atoms with Gasteiger partial charge in [0.05, 0.1) is 18.1 Å². The van der Waals surface area contributed by atoms with E-state index >= 15 is 0 Å². The van der Waals surface area contributed by atoms with Gasteiger partial charge in [-0.3, -0.25) is 0 Å². The molecule has 0 aliphatic rings. The molecule has 1 radical (unpaired) electrons. The summed E-state index contributed by atoms with van der Waals surface area (Å²) in [5, 5.41) is 7.22. The van der Waals surface area contributed by atoms with E-state index in [0.29, 0.717) is 5.69 Å². The summed E-state index contributed by atoms with van der Waals surface area (Å²) in [6.45, 7) is 0. The van der Waals surface area contributed by atoms with Crippen LogP contribution in [0.4, 0.5) is 0 Å². The minimum atomic E-state index is -4.62. The molecule has 0 bridgehead atoms. The Morgan fingerprint density at radius 2 is 2.10 bits per heavy atom. The van der Waals surface area contributed by atoms with E-state index in [1.165, 1.54) is 36.2 Å². The summed E-state index contributed by atoms with van der Waals surface area (Å²) in [6, 6.07) is 4.13. The third-order valence-corrected chi connectivity index (χ3v) is 3.52. The Bertz CT molecular complexity index is 639. The Morgan fingerprint density at radius 3 is 2.52 bits per heavy atom. The van der Waals surface area contributed by atoms with Crippen molar-refractivity contribution in [3.05, 3.63) is 24.5 Å². The molecule has 12 heteroatoms. The number of hydrogen-bond acceptors (Lipinski definition) is 6. The second-order valence-electron chi connectivity index (χ2n) is 3.36. The fourth-order valence-corrected chi connectivity index (χ4v) is 2.35. The van der Waals surface area contributed by atoms with Crippen LogP contribution in [-0.4, -0.2) is 78.2 Å². The number of ether oxygens (including phenoxy) is 1. The van der Waals surface area contributed by atoms with E-state index in [-0.39, 0.29) is 141 Å². The monoisotopic (exact) mass is 560 g/mol. The predicted molar refractivity (Wildman–Crippen MR) is 68.8 cm³/mol. The first kappa shape index (κ1) is 25.8. The van der Waals surface area contributed by atoms with Crippen molar-refractivity contribution < 1.29 is 92.9 Å². The van der Waals surface area contributed by atoms with Crippen LogP contribution in [0.5, 0.6) is 5.75 Å². The van der Waals surface area contributed by atoms with Gasteiger partial charge in [-0.15, -0.1) is 5.10 Å². The molecule has 1 atom stereocenters. The Kier molecular flexibility index (Phi) is 13.8. The Labute approximate surface area is 227 Å². The Hall–Kier alpha value is 2.54. The SMILES string of the molecule is COc1cc(-n2cnnc2[S-])ccc1P(=O)([O-])O.[Au+].[K+].[K]. The van der Waals surface area contributed by atoms with Gasteiger partial charge >= 0.3 is 73.8 Å². The van der Waals surface area contributed by atoms with Gasteiger partial charge < -0.3 is 36.3 Å². The van der Waals surface area contributed by atoms with Crippen molar-refractivity contribution in [2.75, 3.05) is 7.11 Å². The normalized spacial score (nSPS) is 12.1. The smallest absolute Gasteiger partial charge is 0.775 e. The molecule has 0 spiro atoms. The summed E-state index contributed by atoms with van der Waals surface area (Å²) in [7, 11) is -3.32. The third kappa shape index (κ3) is 6.75. The van der Waals surface area contributed by atoms with Gasteiger partial charge in [-0.05, 0) is 12.1 Å². The summed E-state index contributed by atoms with van der Waals surface area (Å²) < 4.78 is 17.5. The first-order valence-corrected chi connectivity index (χ1v) is 6.72. The van der Waals surface area contributed by atoms with Gasteiger partial charge in [0.15, 0.2) is 7.60 Å². The summed E-state index contributed by atoms with van der Waals surface area (Å²) in [5.74, 6) is 0.0245. The molecule has 2 aromatic rings. The molecule has 0 saturated heterocycles.